The first-order valence-electron chi connectivity index (χ1n) is 7.66. The molecule has 0 aliphatic rings. The number of ether oxygens (including phenoxy) is 1. The van der Waals surface area contributed by atoms with Crippen molar-refractivity contribution in [1.82, 2.24) is 15.4 Å². The van der Waals surface area contributed by atoms with E-state index in [9.17, 15) is 13.2 Å². The first-order chi connectivity index (χ1) is 13.1. The lowest BCUT2D eigenvalue weighted by atomic mass is 10.1. The third-order valence-corrected chi connectivity index (χ3v) is 4.03. The smallest absolute Gasteiger partial charge is 0.416 e. The minimum Gasteiger partial charge on any atom is -0.493 e. The van der Waals surface area contributed by atoms with E-state index in [1.807, 2.05) is 0 Å². The number of H-pyrrole nitrogens is 1. The molecule has 0 bridgehead atoms. The van der Waals surface area contributed by atoms with Crippen LogP contribution in [0.4, 0.5) is 13.2 Å². The van der Waals surface area contributed by atoms with Crippen LogP contribution in [0.1, 0.15) is 23.9 Å². The number of nitrogens with one attached hydrogen (secondary N) is 1. The largest absolute Gasteiger partial charge is 0.493 e. The predicted molar refractivity (Wildman–Crippen MR) is 99.3 cm³/mol. The first-order valence-corrected chi connectivity index (χ1v) is 8.41. The summed E-state index contributed by atoms with van der Waals surface area (Å²) in [5, 5.41) is 19.0. The summed E-state index contributed by atoms with van der Waals surface area (Å²) in [6.07, 6.45) is -3.09. The SMILES string of the molecule is C=C(/C=C(\C=C(/C)OCc1ccc(Cl)cc1Cl)C(F)(F)F)c1n[nH]nc1C#N. The topological polar surface area (TPSA) is 74.6 Å². The van der Waals surface area contributed by atoms with Crippen LogP contribution in [0.5, 0.6) is 0 Å². The lowest BCUT2D eigenvalue weighted by molar-refractivity contribution is -0.0884. The van der Waals surface area contributed by atoms with Gasteiger partial charge in [0.25, 0.3) is 0 Å². The lowest BCUT2D eigenvalue weighted by Crippen LogP contribution is -2.11. The zero-order chi connectivity index (χ0) is 20.9. The van der Waals surface area contributed by atoms with E-state index in [2.05, 4.69) is 22.0 Å². The van der Waals surface area contributed by atoms with Crippen LogP contribution in [-0.4, -0.2) is 21.6 Å². The molecule has 1 aromatic heterocycles. The number of allylic oxidation sites excluding steroid dienone is 5. The second-order valence-electron chi connectivity index (χ2n) is 5.53. The molecule has 0 aliphatic carbocycles. The van der Waals surface area contributed by atoms with Gasteiger partial charge in [0, 0.05) is 15.6 Å². The van der Waals surface area contributed by atoms with E-state index in [4.69, 9.17) is 33.2 Å². The molecule has 0 saturated heterocycles. The summed E-state index contributed by atoms with van der Waals surface area (Å²) in [5.74, 6) is 0.00283. The van der Waals surface area contributed by atoms with Gasteiger partial charge in [-0.3, -0.25) is 0 Å². The quantitative estimate of drug-likeness (QED) is 0.479. The highest BCUT2D eigenvalue weighted by Crippen LogP contribution is 2.31. The molecule has 0 radical (unpaired) electrons. The van der Waals surface area contributed by atoms with E-state index in [1.165, 1.54) is 13.0 Å². The van der Waals surface area contributed by atoms with Crippen molar-refractivity contribution >= 4 is 28.8 Å². The number of aromatic amines is 1. The number of nitrogens with zero attached hydrogens (tertiary/aromatic N) is 3. The Bertz CT molecular complexity index is 987. The molecule has 0 atom stereocenters. The highest BCUT2D eigenvalue weighted by atomic mass is 35.5. The average molecular weight is 429 g/mol. The van der Waals surface area contributed by atoms with Crippen molar-refractivity contribution < 1.29 is 17.9 Å². The number of aromatic nitrogens is 3. The van der Waals surface area contributed by atoms with E-state index < -0.39 is 11.7 Å². The second kappa shape index (κ2) is 8.95. The molecule has 28 heavy (non-hydrogen) atoms. The number of rotatable bonds is 6. The van der Waals surface area contributed by atoms with Crippen molar-refractivity contribution in [2.75, 3.05) is 0 Å². The van der Waals surface area contributed by atoms with Crippen molar-refractivity contribution in [2.45, 2.75) is 19.7 Å². The molecule has 1 aromatic carbocycles. The Labute approximate surface area is 168 Å². The van der Waals surface area contributed by atoms with Crippen LogP contribution in [0.15, 0.2) is 48.3 Å². The fourth-order valence-corrected chi connectivity index (χ4v) is 2.55. The second-order valence-corrected chi connectivity index (χ2v) is 6.38. The molecule has 0 amide bonds. The standard InChI is InChI=1S/C18H13Cl2F3N4O/c1-10(17-16(8-24)25-27-26-17)5-13(18(21,22)23)6-11(2)28-9-12-3-4-14(19)7-15(12)20/h3-7H,1,9H2,2H3,(H,25,26,27)/b11-6+,13-5+. The molecule has 2 aromatic rings. The van der Waals surface area contributed by atoms with Crippen molar-refractivity contribution in [3.05, 3.63) is 75.3 Å². The Morgan fingerprint density at radius 3 is 2.64 bits per heavy atom. The third-order valence-electron chi connectivity index (χ3n) is 3.44. The molecule has 146 valence electrons. The van der Waals surface area contributed by atoms with Gasteiger partial charge in [-0.15, -0.1) is 5.10 Å². The summed E-state index contributed by atoms with van der Waals surface area (Å²) in [6.45, 7) is 4.87. The molecule has 5 nitrogen and oxygen atoms in total. The van der Waals surface area contributed by atoms with E-state index in [1.54, 1.807) is 18.2 Å². The van der Waals surface area contributed by atoms with Crippen molar-refractivity contribution in [1.29, 1.82) is 5.26 Å². The fraction of sp³-hybridized carbons (Fsp3) is 0.167. The van der Waals surface area contributed by atoms with Gasteiger partial charge in [-0.2, -0.15) is 28.7 Å². The number of nitriles is 1. The van der Waals surface area contributed by atoms with Crippen LogP contribution in [0.25, 0.3) is 5.57 Å². The predicted octanol–water partition coefficient (Wildman–Crippen LogP) is 5.61. The van der Waals surface area contributed by atoms with E-state index in [0.717, 1.165) is 12.2 Å². The molecule has 0 saturated carbocycles. The van der Waals surface area contributed by atoms with Crippen LogP contribution < -0.4 is 0 Å². The molecule has 1 N–H and O–H groups in total. The molecule has 2 rings (SSSR count). The number of halogens is 5. The molecule has 0 fully saturated rings. The highest BCUT2D eigenvalue weighted by Gasteiger charge is 2.33. The molecule has 10 heteroatoms. The number of hydrogen-bond donors (Lipinski definition) is 1. The van der Waals surface area contributed by atoms with Gasteiger partial charge in [0.05, 0.1) is 11.3 Å². The van der Waals surface area contributed by atoms with Crippen LogP contribution in [0.2, 0.25) is 10.0 Å². The number of benzene rings is 1. The van der Waals surface area contributed by atoms with Crippen molar-refractivity contribution in [2.24, 2.45) is 0 Å². The third kappa shape index (κ3) is 5.62. The number of alkyl halides is 3. The summed E-state index contributed by atoms with van der Waals surface area (Å²) in [7, 11) is 0. The summed E-state index contributed by atoms with van der Waals surface area (Å²) in [5.41, 5.74) is -0.796. The molecular weight excluding hydrogens is 416 g/mol. The van der Waals surface area contributed by atoms with Gasteiger partial charge in [0.15, 0.2) is 5.69 Å². The maximum Gasteiger partial charge on any atom is 0.416 e. The zero-order valence-corrected chi connectivity index (χ0v) is 16.0. The van der Waals surface area contributed by atoms with Crippen LogP contribution in [-0.2, 0) is 11.3 Å². The van der Waals surface area contributed by atoms with Crippen LogP contribution in [0.3, 0.4) is 0 Å². The molecule has 0 aliphatic heterocycles. The van der Waals surface area contributed by atoms with E-state index in [-0.39, 0.29) is 29.3 Å². The van der Waals surface area contributed by atoms with Gasteiger partial charge in [-0.25, -0.2) is 0 Å². The molecule has 0 unspecified atom stereocenters. The van der Waals surface area contributed by atoms with Crippen LogP contribution in [0, 0.1) is 11.3 Å². The minimum atomic E-state index is -4.68. The van der Waals surface area contributed by atoms with Crippen molar-refractivity contribution in [3.63, 3.8) is 0 Å². The summed E-state index contributed by atoms with van der Waals surface area (Å²) >= 11 is 11.8. The Morgan fingerprint density at radius 1 is 1.32 bits per heavy atom. The monoisotopic (exact) mass is 428 g/mol. The average Bonchev–Trinajstić information content (AvgIpc) is 3.08. The lowest BCUT2D eigenvalue weighted by Gasteiger charge is -2.12. The minimum absolute atomic E-state index is 0.00283. The summed E-state index contributed by atoms with van der Waals surface area (Å²) < 4.78 is 45.5. The van der Waals surface area contributed by atoms with Gasteiger partial charge >= 0.3 is 6.18 Å². The Balaban J connectivity index is 2.23. The molecule has 1 heterocycles. The van der Waals surface area contributed by atoms with Gasteiger partial charge in [0.2, 0.25) is 0 Å². The van der Waals surface area contributed by atoms with Gasteiger partial charge in [0.1, 0.15) is 18.4 Å². The van der Waals surface area contributed by atoms with Gasteiger partial charge < -0.3 is 4.74 Å². The van der Waals surface area contributed by atoms with E-state index >= 15 is 0 Å². The van der Waals surface area contributed by atoms with E-state index in [0.29, 0.717) is 15.6 Å². The maximum atomic E-state index is 13.4. The Morgan fingerprint density at radius 2 is 2.04 bits per heavy atom. The van der Waals surface area contributed by atoms with Gasteiger partial charge in [-0.1, -0.05) is 35.8 Å². The maximum absolute atomic E-state index is 13.4. The normalized spacial score (nSPS) is 12.6. The number of hydrogen-bond acceptors (Lipinski definition) is 4. The van der Waals surface area contributed by atoms with Crippen molar-refractivity contribution in [3.8, 4) is 6.07 Å². The summed E-state index contributed by atoms with van der Waals surface area (Å²) in [4.78, 5) is 0. The van der Waals surface area contributed by atoms with Gasteiger partial charge in [-0.05, 0) is 36.8 Å². The highest BCUT2D eigenvalue weighted by molar-refractivity contribution is 6.35. The zero-order valence-electron chi connectivity index (χ0n) is 14.4. The molecule has 0 spiro atoms. The fourth-order valence-electron chi connectivity index (χ4n) is 2.09. The Kier molecular flexibility index (Phi) is 6.89. The molecular formula is C18H13Cl2F3N4O. The summed E-state index contributed by atoms with van der Waals surface area (Å²) in [6, 6.07) is 6.45. The van der Waals surface area contributed by atoms with Crippen LogP contribution >= 0.6 is 23.2 Å². The Hall–Kier alpha value is -2.76. The first kappa shape index (κ1) is 21.5.